The molecule has 4 rings (SSSR count). The SMILES string of the molecule is NC(=O)c1c(NCc2ccccc2)cc(-c2ccc(N3CCNCC3)cc2)nc1N. The van der Waals surface area contributed by atoms with Crippen molar-refractivity contribution in [1.29, 1.82) is 0 Å². The summed E-state index contributed by atoms with van der Waals surface area (Å²) < 4.78 is 0. The van der Waals surface area contributed by atoms with Gasteiger partial charge in [-0.3, -0.25) is 4.79 Å². The van der Waals surface area contributed by atoms with Crippen LogP contribution in [0.15, 0.2) is 60.7 Å². The summed E-state index contributed by atoms with van der Waals surface area (Å²) in [4.78, 5) is 18.8. The molecule has 1 saturated heterocycles. The number of piperazine rings is 1. The fourth-order valence-corrected chi connectivity index (χ4v) is 3.67. The Morgan fingerprint density at radius 1 is 1.07 bits per heavy atom. The van der Waals surface area contributed by atoms with Crippen LogP contribution in [0.5, 0.6) is 0 Å². The van der Waals surface area contributed by atoms with Gasteiger partial charge in [-0.1, -0.05) is 42.5 Å². The minimum atomic E-state index is -0.601. The summed E-state index contributed by atoms with van der Waals surface area (Å²) in [5, 5.41) is 6.65. The fraction of sp³-hybridized carbons (Fsp3) is 0.217. The molecule has 3 aromatic rings. The van der Waals surface area contributed by atoms with Crippen LogP contribution < -0.4 is 27.0 Å². The minimum absolute atomic E-state index is 0.127. The predicted molar refractivity (Wildman–Crippen MR) is 121 cm³/mol. The van der Waals surface area contributed by atoms with Gasteiger partial charge in [0, 0.05) is 44.0 Å². The maximum Gasteiger partial charge on any atom is 0.254 e. The average molecular weight is 403 g/mol. The zero-order chi connectivity index (χ0) is 20.9. The molecule has 7 heteroatoms. The lowest BCUT2D eigenvalue weighted by Gasteiger charge is -2.29. The number of rotatable bonds is 6. The van der Waals surface area contributed by atoms with E-state index in [4.69, 9.17) is 11.5 Å². The molecule has 154 valence electrons. The molecule has 0 radical (unpaired) electrons. The maximum absolute atomic E-state index is 12.0. The number of hydrogen-bond acceptors (Lipinski definition) is 6. The lowest BCUT2D eigenvalue weighted by molar-refractivity contribution is 0.100. The van der Waals surface area contributed by atoms with E-state index in [2.05, 4.69) is 32.7 Å². The molecule has 2 aromatic carbocycles. The zero-order valence-corrected chi connectivity index (χ0v) is 16.8. The van der Waals surface area contributed by atoms with Crippen molar-refractivity contribution < 1.29 is 4.79 Å². The number of carbonyl (C=O) groups is 1. The highest BCUT2D eigenvalue weighted by Gasteiger charge is 2.17. The largest absolute Gasteiger partial charge is 0.383 e. The molecule has 0 bridgehead atoms. The molecule has 1 amide bonds. The minimum Gasteiger partial charge on any atom is -0.383 e. The van der Waals surface area contributed by atoms with Crippen LogP contribution in [0.3, 0.4) is 0 Å². The number of nitrogens with one attached hydrogen (secondary N) is 2. The molecule has 0 saturated carbocycles. The molecule has 7 nitrogen and oxygen atoms in total. The highest BCUT2D eigenvalue weighted by Crippen LogP contribution is 2.29. The Balaban J connectivity index is 1.61. The van der Waals surface area contributed by atoms with Gasteiger partial charge in [0.2, 0.25) is 0 Å². The fourth-order valence-electron chi connectivity index (χ4n) is 3.67. The number of nitrogens with zero attached hydrogens (tertiary/aromatic N) is 2. The van der Waals surface area contributed by atoms with Gasteiger partial charge in [-0.15, -0.1) is 0 Å². The van der Waals surface area contributed by atoms with Crippen LogP contribution in [-0.4, -0.2) is 37.1 Å². The number of pyridine rings is 1. The number of carbonyl (C=O) groups excluding carboxylic acids is 1. The Kier molecular flexibility index (Phi) is 5.81. The molecule has 1 aliphatic heterocycles. The summed E-state index contributed by atoms with van der Waals surface area (Å²) in [6.45, 7) is 4.51. The van der Waals surface area contributed by atoms with Gasteiger partial charge in [0.15, 0.2) is 0 Å². The number of aromatic nitrogens is 1. The van der Waals surface area contributed by atoms with Gasteiger partial charge in [-0.2, -0.15) is 0 Å². The van der Waals surface area contributed by atoms with Crippen LogP contribution in [-0.2, 0) is 6.54 Å². The molecule has 1 fully saturated rings. The molecule has 0 unspecified atom stereocenters. The van der Waals surface area contributed by atoms with E-state index in [-0.39, 0.29) is 11.4 Å². The molecule has 1 aromatic heterocycles. The Hall–Kier alpha value is -3.58. The summed E-state index contributed by atoms with van der Waals surface area (Å²) in [6, 6.07) is 20.0. The van der Waals surface area contributed by atoms with Gasteiger partial charge in [0.05, 0.1) is 11.4 Å². The first kappa shape index (κ1) is 19.7. The first-order valence-electron chi connectivity index (χ1n) is 10.1. The van der Waals surface area contributed by atoms with Crippen molar-refractivity contribution in [3.63, 3.8) is 0 Å². The van der Waals surface area contributed by atoms with Crippen LogP contribution in [0.2, 0.25) is 0 Å². The summed E-state index contributed by atoms with van der Waals surface area (Å²) in [5.41, 5.74) is 16.4. The Morgan fingerprint density at radius 3 is 2.43 bits per heavy atom. The van der Waals surface area contributed by atoms with E-state index < -0.39 is 5.91 Å². The van der Waals surface area contributed by atoms with Crippen molar-refractivity contribution in [3.05, 3.63) is 71.8 Å². The van der Waals surface area contributed by atoms with Crippen molar-refractivity contribution in [2.24, 2.45) is 5.73 Å². The predicted octanol–water partition coefficient (Wildman–Crippen LogP) is 2.45. The van der Waals surface area contributed by atoms with E-state index in [0.29, 0.717) is 17.9 Å². The number of benzene rings is 2. The van der Waals surface area contributed by atoms with Gasteiger partial charge >= 0.3 is 0 Å². The van der Waals surface area contributed by atoms with Crippen molar-refractivity contribution in [3.8, 4) is 11.3 Å². The van der Waals surface area contributed by atoms with E-state index in [0.717, 1.165) is 37.3 Å². The summed E-state index contributed by atoms with van der Waals surface area (Å²) >= 11 is 0. The number of amides is 1. The second-order valence-corrected chi connectivity index (χ2v) is 7.30. The van der Waals surface area contributed by atoms with Gasteiger partial charge < -0.3 is 27.0 Å². The number of anilines is 3. The molecular formula is C23H26N6O. The van der Waals surface area contributed by atoms with E-state index in [1.807, 2.05) is 48.5 Å². The third kappa shape index (κ3) is 4.36. The monoisotopic (exact) mass is 402 g/mol. The summed E-state index contributed by atoms with van der Waals surface area (Å²) in [5.74, 6) is -0.474. The lowest BCUT2D eigenvalue weighted by Crippen LogP contribution is -2.43. The molecule has 0 aliphatic carbocycles. The third-order valence-electron chi connectivity index (χ3n) is 5.26. The van der Waals surface area contributed by atoms with Crippen molar-refractivity contribution in [1.82, 2.24) is 10.3 Å². The molecule has 2 heterocycles. The highest BCUT2D eigenvalue weighted by molar-refractivity contribution is 6.03. The molecule has 0 atom stereocenters. The van der Waals surface area contributed by atoms with E-state index in [1.54, 1.807) is 0 Å². The van der Waals surface area contributed by atoms with E-state index in [1.165, 1.54) is 5.69 Å². The number of hydrogen-bond donors (Lipinski definition) is 4. The normalized spacial score (nSPS) is 13.8. The smallest absolute Gasteiger partial charge is 0.254 e. The quantitative estimate of drug-likeness (QED) is 0.504. The number of nitrogen functional groups attached to an aromatic ring is 1. The maximum atomic E-state index is 12.0. The first-order chi connectivity index (χ1) is 14.6. The molecule has 0 spiro atoms. The number of primary amides is 1. The van der Waals surface area contributed by atoms with Gasteiger partial charge in [-0.25, -0.2) is 4.98 Å². The summed E-state index contributed by atoms with van der Waals surface area (Å²) in [6.07, 6.45) is 0. The standard InChI is InChI=1S/C23H26N6O/c24-22-21(23(25)30)20(27-15-16-4-2-1-3-5-16)14-19(28-22)17-6-8-18(9-7-17)29-12-10-26-11-13-29/h1-9,14,26H,10-13,15H2,(H2,25,30)(H3,24,27,28). The van der Waals surface area contributed by atoms with E-state index >= 15 is 0 Å². The van der Waals surface area contributed by atoms with Crippen molar-refractivity contribution in [2.75, 3.05) is 42.1 Å². The molecule has 30 heavy (non-hydrogen) atoms. The van der Waals surface area contributed by atoms with Crippen LogP contribution in [0.25, 0.3) is 11.3 Å². The Morgan fingerprint density at radius 2 is 1.77 bits per heavy atom. The van der Waals surface area contributed by atoms with Crippen molar-refractivity contribution >= 4 is 23.1 Å². The topological polar surface area (TPSA) is 109 Å². The Bertz CT molecular complexity index is 1010. The summed E-state index contributed by atoms with van der Waals surface area (Å²) in [7, 11) is 0. The number of nitrogens with two attached hydrogens (primary N) is 2. The van der Waals surface area contributed by atoms with Crippen LogP contribution in [0, 0.1) is 0 Å². The van der Waals surface area contributed by atoms with Gasteiger partial charge in [0.25, 0.3) is 5.91 Å². The lowest BCUT2D eigenvalue weighted by atomic mass is 10.1. The zero-order valence-electron chi connectivity index (χ0n) is 16.8. The molecular weight excluding hydrogens is 376 g/mol. The second kappa shape index (κ2) is 8.84. The van der Waals surface area contributed by atoms with Gasteiger partial charge in [-0.05, 0) is 23.8 Å². The van der Waals surface area contributed by atoms with Crippen LogP contribution in [0.1, 0.15) is 15.9 Å². The highest BCUT2D eigenvalue weighted by atomic mass is 16.1. The second-order valence-electron chi connectivity index (χ2n) is 7.30. The van der Waals surface area contributed by atoms with Crippen LogP contribution >= 0.6 is 0 Å². The first-order valence-corrected chi connectivity index (χ1v) is 10.1. The Labute approximate surface area is 176 Å². The van der Waals surface area contributed by atoms with Crippen LogP contribution in [0.4, 0.5) is 17.2 Å². The molecule has 1 aliphatic rings. The van der Waals surface area contributed by atoms with Crippen molar-refractivity contribution in [2.45, 2.75) is 6.54 Å². The van der Waals surface area contributed by atoms with Gasteiger partial charge in [0.1, 0.15) is 11.4 Å². The molecule has 6 N–H and O–H groups in total. The average Bonchev–Trinajstić information content (AvgIpc) is 2.78. The third-order valence-corrected chi connectivity index (χ3v) is 5.26. The van der Waals surface area contributed by atoms with E-state index in [9.17, 15) is 4.79 Å².